The fourth-order valence-corrected chi connectivity index (χ4v) is 1.81. The van der Waals surface area contributed by atoms with E-state index in [1.807, 2.05) is 35.0 Å². The van der Waals surface area contributed by atoms with Crippen molar-refractivity contribution in [2.45, 2.75) is 6.54 Å². The number of fused-ring (bicyclic) bond motifs is 1. The van der Waals surface area contributed by atoms with Crippen LogP contribution in [0, 0.1) is 0 Å². The Kier molecular flexibility index (Phi) is 2.22. The molecule has 0 atom stereocenters. The lowest BCUT2D eigenvalue weighted by Crippen LogP contribution is -2.37. The molecule has 0 amide bonds. The maximum absolute atomic E-state index is 5.89. The Hall–Kier alpha value is -2.43. The van der Waals surface area contributed by atoms with E-state index in [0.717, 1.165) is 5.78 Å². The van der Waals surface area contributed by atoms with Gasteiger partial charge in [0.25, 0.3) is 0 Å². The van der Waals surface area contributed by atoms with Crippen molar-refractivity contribution in [3.05, 3.63) is 54.4 Å². The minimum atomic E-state index is 0.465. The fraction of sp³-hybridized carbons (Fsp3) is 0.0833. The minimum absolute atomic E-state index is 0.465. The maximum Gasteiger partial charge on any atom is 0.358 e. The summed E-state index contributed by atoms with van der Waals surface area (Å²) in [5.41, 5.74) is 7.06. The molecule has 0 aliphatic rings. The first kappa shape index (κ1) is 9.77. The zero-order chi connectivity index (χ0) is 11.7. The van der Waals surface area contributed by atoms with E-state index in [9.17, 15) is 0 Å². The highest BCUT2D eigenvalue weighted by Crippen LogP contribution is 2.01. The van der Waals surface area contributed by atoms with E-state index < -0.39 is 0 Å². The summed E-state index contributed by atoms with van der Waals surface area (Å²) >= 11 is 0. The Balaban J connectivity index is 2.08. The molecule has 0 unspecified atom stereocenters. The van der Waals surface area contributed by atoms with Gasteiger partial charge in [-0.15, -0.1) is 9.50 Å². The molecule has 0 spiro atoms. The maximum atomic E-state index is 5.89. The molecule has 1 aromatic carbocycles. The summed E-state index contributed by atoms with van der Waals surface area (Å²) in [4.78, 5) is 4.28. The highest BCUT2D eigenvalue weighted by Gasteiger charge is 2.15. The molecule has 0 aliphatic carbocycles. The van der Waals surface area contributed by atoms with Gasteiger partial charge in [-0.3, -0.25) is 0 Å². The Labute approximate surface area is 98.1 Å². The summed E-state index contributed by atoms with van der Waals surface area (Å²) in [7, 11) is 0. The van der Waals surface area contributed by atoms with Crippen LogP contribution in [0.4, 0.5) is 5.95 Å². The second kappa shape index (κ2) is 3.86. The third-order valence-corrected chi connectivity index (χ3v) is 2.62. The lowest BCUT2D eigenvalue weighted by atomic mass is 10.2. The van der Waals surface area contributed by atoms with Gasteiger partial charge in [0.1, 0.15) is 0 Å². The number of aromatic nitrogens is 4. The monoisotopic (exact) mass is 226 g/mol. The van der Waals surface area contributed by atoms with Crippen molar-refractivity contribution in [2.75, 3.05) is 5.73 Å². The van der Waals surface area contributed by atoms with E-state index in [2.05, 4.69) is 22.2 Å². The number of hydrogen-bond donors (Lipinski definition) is 1. The fourth-order valence-electron chi connectivity index (χ4n) is 1.81. The van der Waals surface area contributed by atoms with E-state index in [-0.39, 0.29) is 0 Å². The van der Waals surface area contributed by atoms with Crippen LogP contribution in [-0.4, -0.2) is 14.6 Å². The van der Waals surface area contributed by atoms with Gasteiger partial charge < -0.3 is 5.73 Å². The molecule has 5 nitrogen and oxygen atoms in total. The topological polar surface area (TPSA) is 60.1 Å². The number of nitrogen functional groups attached to an aromatic ring is 1. The summed E-state index contributed by atoms with van der Waals surface area (Å²) in [5.74, 6) is 1.21. The highest BCUT2D eigenvalue weighted by molar-refractivity contribution is 5.23. The molecule has 0 saturated heterocycles. The first-order valence-electron chi connectivity index (χ1n) is 5.37. The predicted octanol–water partition coefficient (Wildman–Crippen LogP) is 0.647. The van der Waals surface area contributed by atoms with Crippen molar-refractivity contribution >= 4 is 11.7 Å². The molecular formula is C12H12N5+. The van der Waals surface area contributed by atoms with Gasteiger partial charge in [0.15, 0.2) is 0 Å². The lowest BCUT2D eigenvalue weighted by molar-refractivity contribution is -0.650. The Morgan fingerprint density at radius 1 is 1.18 bits per heavy atom. The Bertz CT molecular complexity index is 644. The van der Waals surface area contributed by atoms with Crippen LogP contribution in [0.5, 0.6) is 0 Å². The van der Waals surface area contributed by atoms with Crippen molar-refractivity contribution in [3.63, 3.8) is 0 Å². The molecule has 3 aromatic rings. The lowest BCUT2D eigenvalue weighted by Gasteiger charge is -1.99. The second-order valence-corrected chi connectivity index (χ2v) is 3.79. The van der Waals surface area contributed by atoms with E-state index >= 15 is 0 Å². The molecule has 2 aromatic heterocycles. The summed E-state index contributed by atoms with van der Waals surface area (Å²) < 4.78 is 3.56. The Morgan fingerprint density at radius 2 is 2.00 bits per heavy atom. The van der Waals surface area contributed by atoms with Crippen LogP contribution in [0.3, 0.4) is 0 Å². The molecule has 0 saturated carbocycles. The van der Waals surface area contributed by atoms with Crippen LogP contribution in [0.1, 0.15) is 5.56 Å². The van der Waals surface area contributed by atoms with Crippen molar-refractivity contribution in [1.29, 1.82) is 0 Å². The number of rotatable bonds is 2. The van der Waals surface area contributed by atoms with E-state index in [1.165, 1.54) is 5.56 Å². The van der Waals surface area contributed by atoms with E-state index in [4.69, 9.17) is 5.73 Å². The number of hydrogen-bond acceptors (Lipinski definition) is 3. The summed E-state index contributed by atoms with van der Waals surface area (Å²) in [5, 5.41) is 4.20. The van der Waals surface area contributed by atoms with Crippen molar-refractivity contribution < 1.29 is 4.57 Å². The number of nitrogens with zero attached hydrogens (tertiary/aromatic N) is 4. The smallest absolute Gasteiger partial charge is 0.318 e. The molecule has 17 heavy (non-hydrogen) atoms. The van der Waals surface area contributed by atoms with Gasteiger partial charge in [0, 0.05) is 5.10 Å². The minimum Gasteiger partial charge on any atom is -0.318 e. The molecule has 5 heteroatoms. The zero-order valence-corrected chi connectivity index (χ0v) is 9.19. The summed E-state index contributed by atoms with van der Waals surface area (Å²) in [6.07, 6.45) is 3.57. The normalized spacial score (nSPS) is 10.8. The van der Waals surface area contributed by atoms with Crippen LogP contribution < -0.4 is 10.3 Å². The van der Waals surface area contributed by atoms with Gasteiger partial charge in [-0.05, 0) is 11.6 Å². The van der Waals surface area contributed by atoms with Crippen molar-refractivity contribution in [1.82, 2.24) is 14.6 Å². The standard InChI is InChI=1S/C12H12N5/c13-11-15-17-8-4-7-14-12(17)16(11)9-10-5-2-1-3-6-10/h1-8H,9H2,(H2,13,15)/q+1. The van der Waals surface area contributed by atoms with Crippen molar-refractivity contribution in [2.24, 2.45) is 0 Å². The SMILES string of the molecule is Nc1nn2cccnc2[n+]1Cc1ccccc1. The van der Waals surface area contributed by atoms with Crippen LogP contribution in [-0.2, 0) is 6.54 Å². The van der Waals surface area contributed by atoms with Crippen LogP contribution >= 0.6 is 0 Å². The third kappa shape index (κ3) is 1.71. The molecular weight excluding hydrogens is 214 g/mol. The number of benzene rings is 1. The van der Waals surface area contributed by atoms with Gasteiger partial charge in [-0.25, -0.2) is 4.57 Å². The van der Waals surface area contributed by atoms with Crippen LogP contribution in [0.2, 0.25) is 0 Å². The zero-order valence-electron chi connectivity index (χ0n) is 9.19. The van der Waals surface area contributed by atoms with Crippen LogP contribution in [0.15, 0.2) is 48.8 Å². The molecule has 3 rings (SSSR count). The van der Waals surface area contributed by atoms with Gasteiger partial charge in [-0.2, -0.15) is 0 Å². The highest BCUT2D eigenvalue weighted by atomic mass is 15.4. The molecule has 0 aliphatic heterocycles. The summed E-state index contributed by atoms with van der Waals surface area (Å²) in [6, 6.07) is 11.9. The quantitative estimate of drug-likeness (QED) is 0.652. The van der Waals surface area contributed by atoms with Gasteiger partial charge in [0.05, 0.1) is 18.9 Å². The molecule has 0 radical (unpaired) electrons. The first-order valence-corrected chi connectivity index (χ1v) is 5.37. The third-order valence-electron chi connectivity index (χ3n) is 2.62. The molecule has 0 bridgehead atoms. The first-order chi connectivity index (χ1) is 8.34. The second-order valence-electron chi connectivity index (χ2n) is 3.79. The number of nitrogens with two attached hydrogens (primary N) is 1. The predicted molar refractivity (Wildman–Crippen MR) is 63.1 cm³/mol. The summed E-state index contributed by atoms with van der Waals surface area (Å²) in [6.45, 7) is 0.674. The molecule has 2 heterocycles. The average Bonchev–Trinajstić information content (AvgIpc) is 2.68. The van der Waals surface area contributed by atoms with Gasteiger partial charge in [-0.1, -0.05) is 30.3 Å². The average molecular weight is 226 g/mol. The largest absolute Gasteiger partial charge is 0.358 e. The molecule has 84 valence electrons. The van der Waals surface area contributed by atoms with Crippen LogP contribution in [0.25, 0.3) is 5.78 Å². The van der Waals surface area contributed by atoms with Gasteiger partial charge >= 0.3 is 11.7 Å². The molecule has 0 fully saturated rings. The Morgan fingerprint density at radius 3 is 2.82 bits per heavy atom. The van der Waals surface area contributed by atoms with E-state index in [0.29, 0.717) is 12.5 Å². The number of anilines is 1. The van der Waals surface area contributed by atoms with Crippen molar-refractivity contribution in [3.8, 4) is 0 Å². The molecule has 2 N–H and O–H groups in total. The van der Waals surface area contributed by atoms with Gasteiger partial charge in [0.2, 0.25) is 0 Å². The van der Waals surface area contributed by atoms with E-state index in [1.54, 1.807) is 10.7 Å².